The molecule has 2 heterocycles. The molecule has 5 heteroatoms. The van der Waals surface area contributed by atoms with Crippen molar-refractivity contribution in [1.29, 1.82) is 0 Å². The number of fused-ring (bicyclic) bond motifs is 1. The van der Waals surface area contributed by atoms with Crippen LogP contribution in [0.3, 0.4) is 0 Å². The van der Waals surface area contributed by atoms with E-state index < -0.39 is 0 Å². The average molecular weight is 294 g/mol. The molecule has 0 aliphatic rings. The Balaban J connectivity index is 2.21. The molecule has 0 unspecified atom stereocenters. The van der Waals surface area contributed by atoms with Crippen LogP contribution in [0.5, 0.6) is 0 Å². The summed E-state index contributed by atoms with van der Waals surface area (Å²) in [6.07, 6.45) is 5.65. The highest BCUT2D eigenvalue weighted by Gasteiger charge is 2.16. The standard InChI is InChI=1S/C17H15N3O2/c21-17-15(14-7-2-1-3-8-14)13-19(11-6-10-18-22)16-9-4-5-12-20(16)17/h1-5,7-10,12-13H,6,11H2/p+1/b18-10+. The minimum absolute atomic E-state index is 0.0473. The van der Waals surface area contributed by atoms with E-state index in [1.807, 2.05) is 59.3 Å². The smallest absolute Gasteiger partial charge is 0.350 e. The van der Waals surface area contributed by atoms with Crippen molar-refractivity contribution in [3.63, 3.8) is 0 Å². The molecule has 2 aromatic heterocycles. The van der Waals surface area contributed by atoms with E-state index in [9.17, 15) is 4.79 Å². The molecule has 0 atom stereocenters. The van der Waals surface area contributed by atoms with Gasteiger partial charge in [-0.1, -0.05) is 36.4 Å². The SMILES string of the molecule is O=c1c(-c2ccccc2)cn(CC/C=N/O)c2cccc[n+]12. The summed E-state index contributed by atoms with van der Waals surface area (Å²) >= 11 is 0. The first-order valence-corrected chi connectivity index (χ1v) is 7.06. The van der Waals surface area contributed by atoms with E-state index in [2.05, 4.69) is 5.16 Å². The van der Waals surface area contributed by atoms with Crippen LogP contribution >= 0.6 is 0 Å². The van der Waals surface area contributed by atoms with Gasteiger partial charge in [-0.2, -0.15) is 4.40 Å². The van der Waals surface area contributed by atoms with Crippen molar-refractivity contribution in [2.45, 2.75) is 13.0 Å². The van der Waals surface area contributed by atoms with Gasteiger partial charge in [0.1, 0.15) is 11.8 Å². The van der Waals surface area contributed by atoms with Gasteiger partial charge in [0.15, 0.2) is 0 Å². The summed E-state index contributed by atoms with van der Waals surface area (Å²) in [5.41, 5.74) is 2.29. The molecule has 1 N–H and O–H groups in total. The largest absolute Gasteiger partial charge is 0.411 e. The van der Waals surface area contributed by atoms with E-state index in [1.54, 1.807) is 10.6 Å². The zero-order chi connectivity index (χ0) is 15.4. The van der Waals surface area contributed by atoms with E-state index in [0.717, 1.165) is 11.2 Å². The summed E-state index contributed by atoms with van der Waals surface area (Å²) in [7, 11) is 0. The number of aryl methyl sites for hydroxylation is 1. The Kier molecular flexibility index (Phi) is 3.96. The van der Waals surface area contributed by atoms with Crippen molar-refractivity contribution >= 4 is 11.9 Å². The molecule has 22 heavy (non-hydrogen) atoms. The maximum absolute atomic E-state index is 12.7. The Labute approximate surface area is 127 Å². The molecule has 0 saturated heterocycles. The lowest BCUT2D eigenvalue weighted by Crippen LogP contribution is -2.43. The van der Waals surface area contributed by atoms with E-state index in [0.29, 0.717) is 18.5 Å². The quantitative estimate of drug-likeness (QED) is 0.347. The predicted octanol–water partition coefficient (Wildman–Crippen LogP) is 2.10. The summed E-state index contributed by atoms with van der Waals surface area (Å²) in [5.74, 6) is 0. The Hall–Kier alpha value is -2.95. The first kappa shape index (κ1) is 14.0. The van der Waals surface area contributed by atoms with Crippen LogP contribution in [0.15, 0.2) is 70.9 Å². The molecular formula is C17H16N3O2+. The second kappa shape index (κ2) is 6.22. The molecular weight excluding hydrogens is 278 g/mol. The van der Waals surface area contributed by atoms with Crippen molar-refractivity contribution < 1.29 is 9.61 Å². The van der Waals surface area contributed by atoms with Crippen LogP contribution in [0, 0.1) is 0 Å². The Morgan fingerprint density at radius 2 is 1.91 bits per heavy atom. The molecule has 3 aromatic rings. The van der Waals surface area contributed by atoms with Crippen molar-refractivity contribution in [2.24, 2.45) is 5.16 Å². The Morgan fingerprint density at radius 1 is 1.14 bits per heavy atom. The van der Waals surface area contributed by atoms with E-state index in [1.165, 1.54) is 6.21 Å². The maximum atomic E-state index is 12.7. The third-order valence-electron chi connectivity index (χ3n) is 3.53. The lowest BCUT2D eigenvalue weighted by Gasteiger charge is -2.06. The Morgan fingerprint density at radius 3 is 2.68 bits per heavy atom. The molecule has 0 radical (unpaired) electrons. The number of nitrogens with zero attached hydrogens (tertiary/aromatic N) is 3. The normalized spacial score (nSPS) is 11.3. The van der Waals surface area contributed by atoms with Crippen molar-refractivity contribution in [3.05, 3.63) is 71.3 Å². The maximum Gasteiger partial charge on any atom is 0.350 e. The Bertz CT molecular complexity index is 870. The number of hydrogen-bond donors (Lipinski definition) is 1. The zero-order valence-corrected chi connectivity index (χ0v) is 12.0. The van der Waals surface area contributed by atoms with Gasteiger partial charge in [-0.3, -0.25) is 0 Å². The van der Waals surface area contributed by atoms with Crippen LogP contribution in [0.1, 0.15) is 6.42 Å². The predicted molar refractivity (Wildman–Crippen MR) is 84.2 cm³/mol. The first-order chi connectivity index (χ1) is 10.8. The lowest BCUT2D eigenvalue weighted by atomic mass is 10.1. The number of rotatable bonds is 4. The molecule has 0 saturated carbocycles. The lowest BCUT2D eigenvalue weighted by molar-refractivity contribution is -0.531. The van der Waals surface area contributed by atoms with Gasteiger partial charge in [-0.05, 0) is 11.6 Å². The minimum Gasteiger partial charge on any atom is -0.411 e. The number of aromatic nitrogens is 2. The summed E-state index contributed by atoms with van der Waals surface area (Å²) in [6.45, 7) is 0.623. The fraction of sp³-hybridized carbons (Fsp3) is 0.118. The fourth-order valence-corrected chi connectivity index (χ4v) is 2.50. The minimum atomic E-state index is -0.0473. The van der Waals surface area contributed by atoms with E-state index in [-0.39, 0.29) is 5.56 Å². The third-order valence-corrected chi connectivity index (χ3v) is 3.53. The third kappa shape index (κ3) is 2.61. The summed E-state index contributed by atoms with van der Waals surface area (Å²) < 4.78 is 3.63. The van der Waals surface area contributed by atoms with Gasteiger partial charge in [0.2, 0.25) is 0 Å². The van der Waals surface area contributed by atoms with Crippen molar-refractivity contribution in [3.8, 4) is 11.1 Å². The van der Waals surface area contributed by atoms with Crippen LogP contribution in [0.4, 0.5) is 0 Å². The summed E-state index contributed by atoms with van der Waals surface area (Å²) in [5, 5.41) is 11.6. The molecule has 0 fully saturated rings. The summed E-state index contributed by atoms with van der Waals surface area (Å²) in [4.78, 5) is 12.7. The molecule has 110 valence electrons. The van der Waals surface area contributed by atoms with Crippen LogP contribution in [-0.2, 0) is 6.54 Å². The van der Waals surface area contributed by atoms with E-state index in [4.69, 9.17) is 5.21 Å². The van der Waals surface area contributed by atoms with Gasteiger partial charge in [0, 0.05) is 18.7 Å². The van der Waals surface area contributed by atoms with Crippen LogP contribution in [0.2, 0.25) is 0 Å². The fourth-order valence-electron chi connectivity index (χ4n) is 2.50. The average Bonchev–Trinajstić information content (AvgIpc) is 2.58. The highest BCUT2D eigenvalue weighted by molar-refractivity contribution is 5.61. The highest BCUT2D eigenvalue weighted by atomic mass is 16.4. The van der Waals surface area contributed by atoms with Crippen LogP contribution in [-0.4, -0.2) is 16.0 Å². The second-order valence-electron chi connectivity index (χ2n) is 4.92. The molecule has 5 nitrogen and oxygen atoms in total. The van der Waals surface area contributed by atoms with Gasteiger partial charge < -0.3 is 5.21 Å². The topological polar surface area (TPSA) is 58.7 Å². The van der Waals surface area contributed by atoms with E-state index >= 15 is 0 Å². The molecule has 0 aliphatic carbocycles. The number of benzene rings is 1. The highest BCUT2D eigenvalue weighted by Crippen LogP contribution is 2.14. The van der Waals surface area contributed by atoms with Crippen LogP contribution in [0.25, 0.3) is 16.8 Å². The first-order valence-electron chi connectivity index (χ1n) is 7.06. The number of pyridine rings is 1. The van der Waals surface area contributed by atoms with Gasteiger partial charge >= 0.3 is 5.56 Å². The number of hydrogen-bond acceptors (Lipinski definition) is 3. The van der Waals surface area contributed by atoms with Gasteiger partial charge in [-0.15, -0.1) is 5.16 Å². The number of oxime groups is 1. The molecule has 1 aromatic carbocycles. The van der Waals surface area contributed by atoms with Crippen LogP contribution < -0.4 is 9.96 Å². The monoisotopic (exact) mass is 294 g/mol. The van der Waals surface area contributed by atoms with Gasteiger partial charge in [-0.25, -0.2) is 9.36 Å². The summed E-state index contributed by atoms with van der Waals surface area (Å²) in [6, 6.07) is 15.2. The molecule has 0 bridgehead atoms. The van der Waals surface area contributed by atoms with Gasteiger partial charge in [0.25, 0.3) is 5.65 Å². The van der Waals surface area contributed by atoms with Gasteiger partial charge in [0.05, 0.1) is 12.7 Å². The van der Waals surface area contributed by atoms with Crippen molar-refractivity contribution in [2.75, 3.05) is 0 Å². The second-order valence-corrected chi connectivity index (χ2v) is 4.92. The zero-order valence-electron chi connectivity index (χ0n) is 12.0. The molecule has 0 aliphatic heterocycles. The molecule has 3 rings (SSSR count). The molecule has 0 spiro atoms. The molecule has 0 amide bonds. The van der Waals surface area contributed by atoms with Crippen molar-refractivity contribution in [1.82, 2.24) is 4.57 Å².